The van der Waals surface area contributed by atoms with Gasteiger partial charge in [0, 0.05) is 25.5 Å². The lowest BCUT2D eigenvalue weighted by Gasteiger charge is -2.20. The minimum absolute atomic E-state index is 0.958. The van der Waals surface area contributed by atoms with Crippen LogP contribution in [0.5, 0.6) is 0 Å². The van der Waals surface area contributed by atoms with Gasteiger partial charge in [0.15, 0.2) is 0 Å². The molecule has 2 rings (SSSR count). The van der Waals surface area contributed by atoms with Crippen LogP contribution in [-0.2, 0) is 19.5 Å². The van der Waals surface area contributed by atoms with Crippen molar-refractivity contribution in [3.8, 4) is 0 Å². The highest BCUT2D eigenvalue weighted by Crippen LogP contribution is 2.10. The van der Waals surface area contributed by atoms with Gasteiger partial charge in [-0.15, -0.1) is 0 Å². The summed E-state index contributed by atoms with van der Waals surface area (Å²) in [6.45, 7) is 7.40. The van der Waals surface area contributed by atoms with Gasteiger partial charge in [-0.25, -0.2) is 0 Å². The molecule has 0 amide bonds. The first kappa shape index (κ1) is 13.8. The summed E-state index contributed by atoms with van der Waals surface area (Å²) in [4.78, 5) is 6.60. The number of aromatic nitrogens is 1. The molecule has 0 N–H and O–H groups in total. The molecule has 0 radical (unpaired) electrons. The molecule has 0 saturated heterocycles. The standard InChI is InChI=1S/C17H22N2/c1-3-15-7-9-16(10-8-15)13-19(4-2)14-17-6-5-11-18-12-17/h5-12H,3-4,13-14H2,1-2H3. The summed E-state index contributed by atoms with van der Waals surface area (Å²) in [6.07, 6.45) is 4.87. The van der Waals surface area contributed by atoms with Crippen molar-refractivity contribution < 1.29 is 0 Å². The number of hydrogen-bond donors (Lipinski definition) is 0. The van der Waals surface area contributed by atoms with Crippen LogP contribution in [0.25, 0.3) is 0 Å². The molecular weight excluding hydrogens is 232 g/mol. The monoisotopic (exact) mass is 254 g/mol. The molecule has 1 heterocycles. The number of rotatable bonds is 6. The summed E-state index contributed by atoms with van der Waals surface area (Å²) in [6, 6.07) is 13.1. The molecule has 0 aliphatic carbocycles. The zero-order valence-electron chi connectivity index (χ0n) is 11.8. The van der Waals surface area contributed by atoms with E-state index in [2.05, 4.69) is 54.1 Å². The lowest BCUT2D eigenvalue weighted by molar-refractivity contribution is 0.271. The second-order valence-corrected chi connectivity index (χ2v) is 4.83. The van der Waals surface area contributed by atoms with E-state index in [4.69, 9.17) is 0 Å². The van der Waals surface area contributed by atoms with Gasteiger partial charge in [-0.05, 0) is 35.7 Å². The van der Waals surface area contributed by atoms with E-state index in [9.17, 15) is 0 Å². The molecule has 0 spiro atoms. The second-order valence-electron chi connectivity index (χ2n) is 4.83. The highest BCUT2D eigenvalue weighted by molar-refractivity contribution is 5.22. The van der Waals surface area contributed by atoms with Gasteiger partial charge < -0.3 is 0 Å². The fourth-order valence-corrected chi connectivity index (χ4v) is 2.17. The summed E-state index contributed by atoms with van der Waals surface area (Å²) in [5, 5.41) is 0. The Morgan fingerprint density at radius 2 is 1.58 bits per heavy atom. The third-order valence-electron chi connectivity index (χ3n) is 3.41. The van der Waals surface area contributed by atoms with Crippen molar-refractivity contribution in [1.82, 2.24) is 9.88 Å². The van der Waals surface area contributed by atoms with Crippen LogP contribution in [-0.4, -0.2) is 16.4 Å². The van der Waals surface area contributed by atoms with Crippen molar-refractivity contribution in [3.05, 3.63) is 65.5 Å². The maximum Gasteiger partial charge on any atom is 0.0312 e. The normalized spacial score (nSPS) is 10.9. The van der Waals surface area contributed by atoms with Gasteiger partial charge in [0.05, 0.1) is 0 Å². The van der Waals surface area contributed by atoms with Gasteiger partial charge in [-0.3, -0.25) is 9.88 Å². The molecule has 0 bridgehead atoms. The van der Waals surface area contributed by atoms with E-state index in [1.807, 2.05) is 18.5 Å². The van der Waals surface area contributed by atoms with Crippen LogP contribution >= 0.6 is 0 Å². The van der Waals surface area contributed by atoms with E-state index >= 15 is 0 Å². The lowest BCUT2D eigenvalue weighted by atomic mass is 10.1. The largest absolute Gasteiger partial charge is 0.295 e. The van der Waals surface area contributed by atoms with Crippen LogP contribution < -0.4 is 0 Å². The fraction of sp³-hybridized carbons (Fsp3) is 0.353. The van der Waals surface area contributed by atoms with Crippen molar-refractivity contribution >= 4 is 0 Å². The Kier molecular flexibility index (Phi) is 5.10. The third-order valence-corrected chi connectivity index (χ3v) is 3.41. The van der Waals surface area contributed by atoms with E-state index in [1.165, 1.54) is 16.7 Å². The number of aryl methyl sites for hydroxylation is 1. The number of hydrogen-bond acceptors (Lipinski definition) is 2. The van der Waals surface area contributed by atoms with Crippen molar-refractivity contribution in [3.63, 3.8) is 0 Å². The van der Waals surface area contributed by atoms with Gasteiger partial charge in [-0.2, -0.15) is 0 Å². The van der Waals surface area contributed by atoms with Gasteiger partial charge >= 0.3 is 0 Å². The molecule has 2 nitrogen and oxygen atoms in total. The van der Waals surface area contributed by atoms with Crippen molar-refractivity contribution in [2.45, 2.75) is 33.4 Å². The predicted octanol–water partition coefficient (Wildman–Crippen LogP) is 3.67. The van der Waals surface area contributed by atoms with Gasteiger partial charge in [0.25, 0.3) is 0 Å². The lowest BCUT2D eigenvalue weighted by Crippen LogP contribution is -2.22. The first-order chi connectivity index (χ1) is 9.31. The van der Waals surface area contributed by atoms with E-state index in [-0.39, 0.29) is 0 Å². The first-order valence-electron chi connectivity index (χ1n) is 7.01. The Morgan fingerprint density at radius 1 is 0.895 bits per heavy atom. The zero-order valence-corrected chi connectivity index (χ0v) is 11.8. The summed E-state index contributed by atoms with van der Waals surface area (Å²) in [5.41, 5.74) is 4.05. The Labute approximate surface area is 116 Å². The second kappa shape index (κ2) is 7.05. The minimum atomic E-state index is 0.958. The highest BCUT2D eigenvalue weighted by Gasteiger charge is 2.05. The molecule has 0 saturated carbocycles. The first-order valence-corrected chi connectivity index (χ1v) is 7.01. The molecule has 1 aromatic heterocycles. The molecule has 0 atom stereocenters. The molecule has 19 heavy (non-hydrogen) atoms. The smallest absolute Gasteiger partial charge is 0.0312 e. The Hall–Kier alpha value is -1.67. The maximum absolute atomic E-state index is 4.18. The van der Waals surface area contributed by atoms with E-state index < -0.39 is 0 Å². The van der Waals surface area contributed by atoms with E-state index in [1.54, 1.807) is 0 Å². The van der Waals surface area contributed by atoms with Crippen molar-refractivity contribution in [2.75, 3.05) is 6.54 Å². The van der Waals surface area contributed by atoms with Crippen LogP contribution in [0.2, 0.25) is 0 Å². The topological polar surface area (TPSA) is 16.1 Å². The zero-order chi connectivity index (χ0) is 13.5. The summed E-state index contributed by atoms with van der Waals surface area (Å²) < 4.78 is 0. The number of benzene rings is 1. The molecule has 0 unspecified atom stereocenters. The Bertz CT molecular complexity index is 476. The molecule has 2 heteroatoms. The quantitative estimate of drug-likeness (QED) is 0.782. The van der Waals surface area contributed by atoms with E-state index in [0.29, 0.717) is 0 Å². The number of nitrogens with zero attached hydrogens (tertiary/aromatic N) is 2. The molecule has 0 aliphatic heterocycles. The van der Waals surface area contributed by atoms with Gasteiger partial charge in [0.1, 0.15) is 0 Å². The van der Waals surface area contributed by atoms with Crippen LogP contribution in [0.15, 0.2) is 48.8 Å². The SMILES string of the molecule is CCc1ccc(CN(CC)Cc2cccnc2)cc1. The molecule has 0 fully saturated rings. The van der Waals surface area contributed by atoms with Crippen molar-refractivity contribution in [2.24, 2.45) is 0 Å². The summed E-state index contributed by atoms with van der Waals surface area (Å²) >= 11 is 0. The van der Waals surface area contributed by atoms with Gasteiger partial charge in [-0.1, -0.05) is 44.2 Å². The number of pyridine rings is 1. The van der Waals surface area contributed by atoms with Crippen LogP contribution in [0, 0.1) is 0 Å². The highest BCUT2D eigenvalue weighted by atomic mass is 15.1. The van der Waals surface area contributed by atoms with Gasteiger partial charge in [0.2, 0.25) is 0 Å². The predicted molar refractivity (Wildman–Crippen MR) is 79.8 cm³/mol. The average molecular weight is 254 g/mol. The van der Waals surface area contributed by atoms with Crippen LogP contribution in [0.4, 0.5) is 0 Å². The molecule has 0 aliphatic rings. The molecule has 1 aromatic carbocycles. The average Bonchev–Trinajstić information content (AvgIpc) is 2.48. The molecule has 100 valence electrons. The fourth-order valence-electron chi connectivity index (χ4n) is 2.17. The molecular formula is C17H22N2. The Balaban J connectivity index is 1.98. The molecule has 2 aromatic rings. The van der Waals surface area contributed by atoms with Crippen LogP contribution in [0.3, 0.4) is 0 Å². The minimum Gasteiger partial charge on any atom is -0.295 e. The summed E-state index contributed by atoms with van der Waals surface area (Å²) in [7, 11) is 0. The van der Waals surface area contributed by atoms with Crippen molar-refractivity contribution in [1.29, 1.82) is 0 Å². The van der Waals surface area contributed by atoms with Crippen LogP contribution in [0.1, 0.15) is 30.5 Å². The Morgan fingerprint density at radius 3 is 2.16 bits per heavy atom. The van der Waals surface area contributed by atoms with E-state index in [0.717, 1.165) is 26.1 Å². The summed E-state index contributed by atoms with van der Waals surface area (Å²) in [5.74, 6) is 0. The maximum atomic E-state index is 4.18. The third kappa shape index (κ3) is 4.18.